The smallest absolute Gasteiger partial charge is 0.336 e. The number of hydrogen-bond donors (Lipinski definition) is 4. The van der Waals surface area contributed by atoms with Crippen LogP contribution < -0.4 is 0 Å². The average Bonchev–Trinajstić information content (AvgIpc) is 2.83. The molecule has 0 saturated heterocycles. The molecule has 0 spiro atoms. The summed E-state index contributed by atoms with van der Waals surface area (Å²) in [7, 11) is 0. The highest BCUT2D eigenvalue weighted by atomic mass is 16.4. The van der Waals surface area contributed by atoms with Crippen LogP contribution >= 0.6 is 0 Å². The first kappa shape index (κ1) is 13.3. The van der Waals surface area contributed by atoms with Crippen LogP contribution in [0.2, 0.25) is 0 Å². The van der Waals surface area contributed by atoms with Crippen molar-refractivity contribution in [3.05, 3.63) is 45.6 Å². The summed E-state index contributed by atoms with van der Waals surface area (Å²) in [6, 6.07) is 0. The van der Waals surface area contributed by atoms with Crippen LogP contribution in [0.1, 0.15) is 0 Å². The summed E-state index contributed by atoms with van der Waals surface area (Å²) >= 11 is 0. The highest BCUT2D eigenvalue weighted by Gasteiger charge is 2.40. The van der Waals surface area contributed by atoms with Gasteiger partial charge in [-0.25, -0.2) is 19.2 Å². The van der Waals surface area contributed by atoms with E-state index in [4.69, 9.17) is 20.4 Å². The number of carboxylic acid groups (broad SMARTS) is 4. The number of carboxylic acids is 4. The van der Waals surface area contributed by atoms with E-state index < -0.39 is 46.2 Å². The molecule has 8 nitrogen and oxygen atoms in total. The lowest BCUT2D eigenvalue weighted by molar-refractivity contribution is -0.133. The molecule has 0 aliphatic heterocycles. The maximum atomic E-state index is 11.1. The number of hydrogen-bond acceptors (Lipinski definition) is 4. The summed E-state index contributed by atoms with van der Waals surface area (Å²) in [5, 5.41) is 36.0. The van der Waals surface area contributed by atoms with E-state index in [-0.39, 0.29) is 11.1 Å². The molecule has 2 aliphatic carbocycles. The first-order valence-electron chi connectivity index (χ1n) is 5.12. The molecule has 102 valence electrons. The van der Waals surface area contributed by atoms with Gasteiger partial charge in [-0.3, -0.25) is 0 Å². The minimum Gasteiger partial charge on any atom is -0.478 e. The molecule has 0 amide bonds. The molecule has 8 heteroatoms. The molecule has 0 aromatic carbocycles. The zero-order chi connectivity index (χ0) is 15.2. The quantitative estimate of drug-likeness (QED) is 0.552. The van der Waals surface area contributed by atoms with E-state index in [0.717, 1.165) is 12.2 Å². The average molecular weight is 278 g/mol. The largest absolute Gasteiger partial charge is 0.478 e. The van der Waals surface area contributed by atoms with Gasteiger partial charge in [-0.2, -0.15) is 0 Å². The Hall–Kier alpha value is -3.16. The third kappa shape index (κ3) is 1.70. The molecule has 0 heterocycles. The summed E-state index contributed by atoms with van der Waals surface area (Å²) in [6.07, 6.45) is 1.52. The Labute approximate surface area is 110 Å². The third-order valence-corrected chi connectivity index (χ3v) is 2.83. The Balaban J connectivity index is 2.80. The zero-order valence-corrected chi connectivity index (χ0v) is 9.58. The van der Waals surface area contributed by atoms with Crippen LogP contribution in [0.3, 0.4) is 0 Å². The lowest BCUT2D eigenvalue weighted by Crippen LogP contribution is -2.08. The van der Waals surface area contributed by atoms with Crippen LogP contribution in [0, 0.1) is 0 Å². The first-order chi connectivity index (χ1) is 9.25. The normalized spacial score (nSPS) is 16.8. The summed E-state index contributed by atoms with van der Waals surface area (Å²) in [4.78, 5) is 44.3. The van der Waals surface area contributed by atoms with Gasteiger partial charge in [-0.05, 0) is 12.2 Å². The fraction of sp³-hybridized carbons (Fsp3) is 0. The lowest BCUT2D eigenvalue weighted by atomic mass is 9.99. The van der Waals surface area contributed by atoms with Crippen LogP contribution in [-0.4, -0.2) is 44.3 Å². The van der Waals surface area contributed by atoms with E-state index in [9.17, 15) is 19.2 Å². The Bertz CT molecular complexity index is 652. The van der Waals surface area contributed by atoms with E-state index in [1.165, 1.54) is 0 Å². The zero-order valence-electron chi connectivity index (χ0n) is 9.58. The maximum absolute atomic E-state index is 11.1. The van der Waals surface area contributed by atoms with Gasteiger partial charge in [0, 0.05) is 11.1 Å². The van der Waals surface area contributed by atoms with Crippen LogP contribution in [0.5, 0.6) is 0 Å². The Morgan fingerprint density at radius 3 is 1.10 bits per heavy atom. The molecule has 0 radical (unpaired) electrons. The van der Waals surface area contributed by atoms with Gasteiger partial charge in [-0.1, -0.05) is 0 Å². The topological polar surface area (TPSA) is 149 Å². The van der Waals surface area contributed by atoms with Gasteiger partial charge in [-0.15, -0.1) is 0 Å². The standard InChI is InChI=1S/C12H6O8/c13-9(14)3-1-4(10(15)16)8-6(12(19)20)2-5(7(3)8)11(17)18/h1-2H,(H,13,14)(H,15,16)(H,17,18)(H,19,20). The monoisotopic (exact) mass is 278 g/mol. The second kappa shape index (κ2) is 4.19. The van der Waals surface area contributed by atoms with Crippen molar-refractivity contribution in [1.29, 1.82) is 0 Å². The van der Waals surface area contributed by atoms with Crippen molar-refractivity contribution in [3.8, 4) is 0 Å². The maximum Gasteiger partial charge on any atom is 0.336 e. The molecule has 2 rings (SSSR count). The van der Waals surface area contributed by atoms with Crippen molar-refractivity contribution in [3.63, 3.8) is 0 Å². The van der Waals surface area contributed by atoms with Crippen LogP contribution in [0.15, 0.2) is 45.6 Å². The number of rotatable bonds is 4. The summed E-state index contributed by atoms with van der Waals surface area (Å²) in [6.45, 7) is 0. The van der Waals surface area contributed by atoms with Crippen molar-refractivity contribution < 1.29 is 39.6 Å². The Morgan fingerprint density at radius 2 is 0.900 bits per heavy atom. The molecule has 0 bridgehead atoms. The highest BCUT2D eigenvalue weighted by Crippen LogP contribution is 2.43. The first-order valence-corrected chi connectivity index (χ1v) is 5.12. The van der Waals surface area contributed by atoms with Gasteiger partial charge < -0.3 is 20.4 Å². The summed E-state index contributed by atoms with van der Waals surface area (Å²) in [5.41, 5.74) is -2.99. The van der Waals surface area contributed by atoms with E-state index >= 15 is 0 Å². The summed E-state index contributed by atoms with van der Waals surface area (Å²) in [5.74, 6) is -6.14. The molecule has 0 unspecified atom stereocenters. The molecule has 2 aliphatic rings. The van der Waals surface area contributed by atoms with Crippen molar-refractivity contribution in [2.75, 3.05) is 0 Å². The predicted molar refractivity (Wildman–Crippen MR) is 60.8 cm³/mol. The molecular weight excluding hydrogens is 272 g/mol. The lowest BCUT2D eigenvalue weighted by Gasteiger charge is -2.04. The van der Waals surface area contributed by atoms with Crippen LogP contribution in [-0.2, 0) is 19.2 Å². The van der Waals surface area contributed by atoms with Gasteiger partial charge in [0.25, 0.3) is 0 Å². The molecule has 4 N–H and O–H groups in total. The minimum absolute atomic E-state index is 0.389. The van der Waals surface area contributed by atoms with Crippen LogP contribution in [0.4, 0.5) is 0 Å². The number of aliphatic carboxylic acids is 4. The van der Waals surface area contributed by atoms with Gasteiger partial charge in [0.2, 0.25) is 0 Å². The van der Waals surface area contributed by atoms with Crippen molar-refractivity contribution in [2.45, 2.75) is 0 Å². The van der Waals surface area contributed by atoms with Crippen LogP contribution in [0.25, 0.3) is 0 Å². The van der Waals surface area contributed by atoms with Crippen molar-refractivity contribution in [2.24, 2.45) is 0 Å². The van der Waals surface area contributed by atoms with Gasteiger partial charge >= 0.3 is 23.9 Å². The minimum atomic E-state index is -1.53. The van der Waals surface area contributed by atoms with Gasteiger partial charge in [0.1, 0.15) is 0 Å². The second-order valence-corrected chi connectivity index (χ2v) is 3.91. The Kier molecular flexibility index (Phi) is 2.78. The Morgan fingerprint density at radius 1 is 0.600 bits per heavy atom. The fourth-order valence-corrected chi connectivity index (χ4v) is 2.08. The molecule has 0 aromatic rings. The van der Waals surface area contributed by atoms with E-state index in [1.807, 2.05) is 0 Å². The highest BCUT2D eigenvalue weighted by molar-refractivity contribution is 6.15. The van der Waals surface area contributed by atoms with E-state index in [1.54, 1.807) is 0 Å². The molecule has 0 atom stereocenters. The fourth-order valence-electron chi connectivity index (χ4n) is 2.08. The van der Waals surface area contributed by atoms with Crippen molar-refractivity contribution in [1.82, 2.24) is 0 Å². The van der Waals surface area contributed by atoms with Crippen molar-refractivity contribution >= 4 is 23.9 Å². The van der Waals surface area contributed by atoms with E-state index in [0.29, 0.717) is 0 Å². The predicted octanol–water partition coefficient (Wildman–Crippen LogP) is -0.202. The molecular formula is C12H6O8. The molecule has 0 saturated carbocycles. The van der Waals surface area contributed by atoms with Gasteiger partial charge in [0.05, 0.1) is 22.3 Å². The molecule has 0 aromatic heterocycles. The van der Waals surface area contributed by atoms with E-state index in [2.05, 4.69) is 0 Å². The molecule has 0 fully saturated rings. The molecule has 20 heavy (non-hydrogen) atoms. The summed E-state index contributed by atoms with van der Waals surface area (Å²) < 4.78 is 0. The SMILES string of the molecule is O=C(O)C1=CC(C(=O)O)=C2C(C(=O)O)=CC(C(=O)O)=C12. The number of carbonyl (C=O) groups is 4. The third-order valence-electron chi connectivity index (χ3n) is 2.83. The van der Waals surface area contributed by atoms with Gasteiger partial charge in [0.15, 0.2) is 0 Å². The second-order valence-electron chi connectivity index (χ2n) is 3.91. The number of fused-ring (bicyclic) bond motifs is 1.